The number of carbonyl (C=O) groups excluding carboxylic acids is 2. The van der Waals surface area contributed by atoms with Gasteiger partial charge in [0.15, 0.2) is 0 Å². The molecule has 0 aromatic carbocycles. The minimum atomic E-state index is -0.0888. The smallest absolute Gasteiger partial charge is 0.217 e. The van der Waals surface area contributed by atoms with Gasteiger partial charge in [-0.2, -0.15) is 0 Å². The average Bonchev–Trinajstić information content (AvgIpc) is 2.14. The summed E-state index contributed by atoms with van der Waals surface area (Å²) < 4.78 is 7.22. The van der Waals surface area contributed by atoms with Crippen LogP contribution in [0.3, 0.4) is 0 Å². The molecule has 0 bridgehead atoms. The Morgan fingerprint density at radius 3 is 2.50 bits per heavy atom. The van der Waals surface area contributed by atoms with Gasteiger partial charge in [-0.25, -0.2) is 0 Å². The zero-order valence-corrected chi connectivity index (χ0v) is 8.93. The Balaban J connectivity index is 3.46. The molecule has 0 aliphatic heterocycles. The first-order valence-corrected chi connectivity index (χ1v) is 4.87. The summed E-state index contributed by atoms with van der Waals surface area (Å²) >= 11 is 0. The van der Waals surface area contributed by atoms with Crippen LogP contribution in [-0.4, -0.2) is 24.4 Å². The summed E-state index contributed by atoms with van der Waals surface area (Å²) in [6.07, 6.45) is 2.59. The molecule has 4 heteroatoms. The van der Waals surface area contributed by atoms with Crippen LogP contribution in [-0.2, 0) is 9.59 Å². The van der Waals surface area contributed by atoms with E-state index in [1.54, 1.807) is 0 Å². The fourth-order valence-electron chi connectivity index (χ4n) is 1.14. The zero-order valence-electron chi connectivity index (χ0n) is 9.93. The molecule has 0 saturated carbocycles. The molecule has 0 saturated heterocycles. The van der Waals surface area contributed by atoms with Crippen molar-refractivity contribution in [2.24, 2.45) is 0 Å². The van der Waals surface area contributed by atoms with Crippen LogP contribution in [0.25, 0.3) is 0 Å². The van der Waals surface area contributed by atoms with Crippen LogP contribution < -0.4 is 10.6 Å². The van der Waals surface area contributed by atoms with Crippen LogP contribution >= 0.6 is 0 Å². The highest BCUT2D eigenvalue weighted by Gasteiger charge is 2.02. The zero-order chi connectivity index (χ0) is 11.7. The van der Waals surface area contributed by atoms with Gasteiger partial charge in [-0.3, -0.25) is 9.59 Å². The van der Waals surface area contributed by atoms with E-state index < -0.39 is 0 Å². The number of unbranched alkanes of at least 4 members (excludes halogenated alkanes) is 1. The minimum Gasteiger partial charge on any atom is -0.356 e. The predicted molar refractivity (Wildman–Crippen MR) is 55.8 cm³/mol. The van der Waals surface area contributed by atoms with E-state index in [1.807, 2.05) is 0 Å². The fraction of sp³-hybridized carbons (Fsp3) is 0.800. The molecule has 0 aromatic rings. The molecule has 2 N–H and O–H groups in total. The number of amides is 2. The maximum atomic E-state index is 10.7. The van der Waals surface area contributed by atoms with E-state index in [0.717, 1.165) is 19.3 Å². The van der Waals surface area contributed by atoms with Crippen molar-refractivity contribution in [1.29, 1.82) is 0 Å². The number of hydrogen-bond acceptors (Lipinski definition) is 2. The molecule has 4 nitrogen and oxygen atoms in total. The molecule has 0 aliphatic carbocycles. The van der Waals surface area contributed by atoms with Crippen molar-refractivity contribution in [3.05, 3.63) is 0 Å². The monoisotopic (exact) mass is 201 g/mol. The van der Waals surface area contributed by atoms with Crippen LogP contribution in [0.4, 0.5) is 0 Å². The summed E-state index contributed by atoms with van der Waals surface area (Å²) in [6, 6.07) is -0.0557. The van der Waals surface area contributed by atoms with Gasteiger partial charge < -0.3 is 10.6 Å². The first-order valence-electron chi connectivity index (χ1n) is 5.57. The molecule has 0 fully saturated rings. The van der Waals surface area contributed by atoms with Crippen molar-refractivity contribution in [3.8, 4) is 0 Å². The minimum absolute atomic E-state index is 0.0195. The van der Waals surface area contributed by atoms with E-state index in [1.165, 1.54) is 13.8 Å². The third kappa shape index (κ3) is 9.03. The Labute approximate surface area is 86.9 Å². The normalized spacial score (nSPS) is 12.9. The molecular formula is C10H20N2O2. The third-order valence-electron chi connectivity index (χ3n) is 1.76. The van der Waals surface area contributed by atoms with Crippen LogP contribution in [0, 0.1) is 0 Å². The first kappa shape index (κ1) is 11.0. The predicted octanol–water partition coefficient (Wildman–Crippen LogP) is 0.817. The van der Waals surface area contributed by atoms with Gasteiger partial charge in [-0.15, -0.1) is 0 Å². The molecule has 82 valence electrons. The summed E-state index contributed by atoms with van der Waals surface area (Å²) in [5.74, 6) is -0.108. The second kappa shape index (κ2) is 7.35. The molecule has 2 amide bonds. The van der Waals surface area contributed by atoms with Gasteiger partial charge >= 0.3 is 0 Å². The number of hydrogen-bond donors (Lipinski definition) is 2. The van der Waals surface area contributed by atoms with E-state index in [-0.39, 0.29) is 24.8 Å². The Hall–Kier alpha value is -1.06. The van der Waals surface area contributed by atoms with Crippen molar-refractivity contribution >= 4 is 11.8 Å². The van der Waals surface area contributed by atoms with Gasteiger partial charge in [0.1, 0.15) is 0 Å². The van der Waals surface area contributed by atoms with E-state index in [0.29, 0.717) is 6.54 Å². The van der Waals surface area contributed by atoms with Crippen molar-refractivity contribution in [2.75, 3.05) is 6.54 Å². The second-order valence-electron chi connectivity index (χ2n) is 3.38. The molecule has 0 heterocycles. The summed E-state index contributed by atoms with van der Waals surface area (Å²) in [7, 11) is 0. The summed E-state index contributed by atoms with van der Waals surface area (Å²) in [4.78, 5) is 21.3. The van der Waals surface area contributed by atoms with E-state index in [9.17, 15) is 9.59 Å². The van der Waals surface area contributed by atoms with Gasteiger partial charge in [0, 0.05) is 27.8 Å². The molecule has 0 spiro atoms. The van der Waals surface area contributed by atoms with Crippen molar-refractivity contribution in [3.63, 3.8) is 0 Å². The molecule has 0 aromatic heterocycles. The maximum Gasteiger partial charge on any atom is 0.217 e. The fourth-order valence-corrected chi connectivity index (χ4v) is 1.14. The molecule has 0 radical (unpaired) electrons. The average molecular weight is 201 g/mol. The largest absolute Gasteiger partial charge is 0.356 e. The summed E-state index contributed by atoms with van der Waals surface area (Å²) in [5, 5.41) is 5.42. The molecule has 14 heavy (non-hydrogen) atoms. The number of carbonyl (C=O) groups is 2. The van der Waals surface area contributed by atoms with Gasteiger partial charge in [0.05, 0.1) is 0 Å². The molecule has 0 aliphatic rings. The lowest BCUT2D eigenvalue weighted by Gasteiger charge is -2.11. The first-order chi connectivity index (χ1) is 7.06. The van der Waals surface area contributed by atoms with Gasteiger partial charge in [0.25, 0.3) is 0 Å². The molecule has 0 rings (SSSR count). The Morgan fingerprint density at radius 2 is 2.00 bits per heavy atom. The highest BCUT2D eigenvalue weighted by Crippen LogP contribution is 1.99. The Bertz CT molecular complexity index is 210. The lowest BCUT2D eigenvalue weighted by Crippen LogP contribution is -2.30. The molecular weight excluding hydrogens is 180 g/mol. The van der Waals surface area contributed by atoms with Crippen molar-refractivity contribution < 1.29 is 11.0 Å². The van der Waals surface area contributed by atoms with Crippen LogP contribution in [0.15, 0.2) is 0 Å². The van der Waals surface area contributed by atoms with Gasteiger partial charge in [-0.1, -0.05) is 0 Å². The summed E-state index contributed by atoms with van der Waals surface area (Å²) in [6.45, 7) is 3.82. The summed E-state index contributed by atoms with van der Waals surface area (Å²) in [5.41, 5.74) is 0. The van der Waals surface area contributed by atoms with E-state index in [4.69, 9.17) is 1.37 Å². The molecule has 1 atom stereocenters. The Morgan fingerprint density at radius 1 is 1.29 bits per heavy atom. The highest BCUT2D eigenvalue weighted by atomic mass is 16.2. The highest BCUT2D eigenvalue weighted by molar-refractivity contribution is 5.73. The Kier molecular flexibility index (Phi) is 5.79. The van der Waals surface area contributed by atoms with Crippen LogP contribution in [0.1, 0.15) is 41.4 Å². The van der Waals surface area contributed by atoms with E-state index >= 15 is 0 Å². The lowest BCUT2D eigenvalue weighted by molar-refractivity contribution is -0.120. The van der Waals surface area contributed by atoms with E-state index in [2.05, 4.69) is 10.6 Å². The second-order valence-corrected chi connectivity index (χ2v) is 3.38. The number of rotatable bonds is 6. The quantitative estimate of drug-likeness (QED) is 0.625. The topological polar surface area (TPSA) is 58.2 Å². The van der Waals surface area contributed by atoms with Gasteiger partial charge in [-0.05, 0) is 26.2 Å². The van der Waals surface area contributed by atoms with Crippen molar-refractivity contribution in [1.82, 2.24) is 10.6 Å². The standard InChI is InChI=1S/C10H20N2O2/c1-8(12-10(3)14)6-4-5-7-11-9(2)13/h8H,4-7H2,1-3H3,(H,11,13)(H,12,14)/i1D. The third-order valence-corrected chi connectivity index (χ3v) is 1.76. The lowest BCUT2D eigenvalue weighted by atomic mass is 10.1. The van der Waals surface area contributed by atoms with Crippen molar-refractivity contribution in [2.45, 2.75) is 46.1 Å². The molecule has 1 unspecified atom stereocenters. The van der Waals surface area contributed by atoms with Crippen LogP contribution in [0.2, 0.25) is 0 Å². The van der Waals surface area contributed by atoms with Crippen LogP contribution in [0.5, 0.6) is 0 Å². The SMILES string of the molecule is [2H]CC(CCCCNC(C)=O)NC(C)=O. The number of nitrogens with one attached hydrogen (secondary N) is 2. The van der Waals surface area contributed by atoms with Gasteiger partial charge in [0.2, 0.25) is 11.8 Å². The maximum absolute atomic E-state index is 10.7.